The summed E-state index contributed by atoms with van der Waals surface area (Å²) in [6, 6.07) is 5.21. The lowest BCUT2D eigenvalue weighted by atomic mass is 9.68. The number of oxazole rings is 1. The minimum absolute atomic E-state index is 0.0681. The van der Waals surface area contributed by atoms with E-state index in [4.69, 9.17) is 4.42 Å². The summed E-state index contributed by atoms with van der Waals surface area (Å²) in [5.41, 5.74) is 2.26. The number of hydrogen-bond acceptors (Lipinski definition) is 3. The first-order valence-corrected chi connectivity index (χ1v) is 7.72. The third kappa shape index (κ3) is 2.01. The van der Waals surface area contributed by atoms with Gasteiger partial charge in [-0.1, -0.05) is 6.42 Å². The fourth-order valence-corrected chi connectivity index (χ4v) is 3.61. The number of aryl methyl sites for hydroxylation is 1. The number of carbonyl (C=O) groups excluding carboxylic acids is 1. The molecule has 0 atom stereocenters. The van der Waals surface area contributed by atoms with Crippen LogP contribution in [0.25, 0.3) is 11.1 Å². The van der Waals surface area contributed by atoms with Gasteiger partial charge in [0.2, 0.25) is 0 Å². The molecule has 1 spiro atoms. The van der Waals surface area contributed by atoms with Crippen LogP contribution in [0.3, 0.4) is 0 Å². The molecule has 1 aliphatic heterocycles. The Kier molecular flexibility index (Phi) is 2.82. The number of carbonyl (C=O) groups is 1. The number of nitrogens with zero attached hydrogens (tertiary/aromatic N) is 2. The van der Waals surface area contributed by atoms with Crippen LogP contribution in [0.5, 0.6) is 0 Å². The summed E-state index contributed by atoms with van der Waals surface area (Å²) >= 11 is 0. The minimum atomic E-state index is -0.398. The van der Waals surface area contributed by atoms with Gasteiger partial charge in [0.15, 0.2) is 5.58 Å². The summed E-state index contributed by atoms with van der Waals surface area (Å²) in [7, 11) is 1.66. The van der Waals surface area contributed by atoms with E-state index in [1.54, 1.807) is 25.2 Å². The Morgan fingerprint density at radius 3 is 2.82 bits per heavy atom. The Morgan fingerprint density at radius 2 is 2.14 bits per heavy atom. The Labute approximate surface area is 127 Å². The number of nitrogens with one attached hydrogen (secondary N) is 1. The van der Waals surface area contributed by atoms with E-state index in [9.17, 15) is 9.59 Å². The first-order valence-electron chi connectivity index (χ1n) is 7.72. The Hall–Kier alpha value is -2.24. The molecule has 6 heteroatoms. The van der Waals surface area contributed by atoms with Crippen LogP contribution in [-0.2, 0) is 7.05 Å². The Bertz CT molecular complexity index is 801. The molecule has 22 heavy (non-hydrogen) atoms. The van der Waals surface area contributed by atoms with E-state index in [2.05, 4.69) is 5.32 Å². The van der Waals surface area contributed by atoms with Crippen LogP contribution in [0.2, 0.25) is 0 Å². The van der Waals surface area contributed by atoms with Crippen molar-refractivity contribution in [2.45, 2.75) is 25.7 Å². The maximum atomic E-state index is 12.4. The number of aromatic nitrogens is 1. The molecule has 1 aromatic carbocycles. The topological polar surface area (TPSA) is 67.5 Å². The molecule has 1 aromatic heterocycles. The lowest BCUT2D eigenvalue weighted by Crippen LogP contribution is -2.37. The fraction of sp³-hybridized carbons (Fsp3) is 0.500. The van der Waals surface area contributed by atoms with E-state index in [0.29, 0.717) is 16.7 Å². The van der Waals surface area contributed by atoms with Crippen molar-refractivity contribution in [3.05, 3.63) is 28.7 Å². The van der Waals surface area contributed by atoms with Crippen molar-refractivity contribution in [2.24, 2.45) is 12.5 Å². The molecule has 1 N–H and O–H groups in total. The van der Waals surface area contributed by atoms with Gasteiger partial charge in [0.25, 0.3) is 0 Å². The van der Waals surface area contributed by atoms with Crippen molar-refractivity contribution in [3.8, 4) is 0 Å². The number of likely N-dealkylation sites (tertiary alicyclic amines) is 1. The molecular weight excluding hydrogens is 282 g/mol. The van der Waals surface area contributed by atoms with Crippen molar-refractivity contribution in [2.75, 3.05) is 18.4 Å². The quantitative estimate of drug-likeness (QED) is 0.880. The molecule has 4 rings (SSSR count). The second-order valence-electron chi connectivity index (χ2n) is 6.56. The predicted molar refractivity (Wildman–Crippen MR) is 82.9 cm³/mol. The van der Waals surface area contributed by atoms with Crippen molar-refractivity contribution in [3.63, 3.8) is 0 Å². The summed E-state index contributed by atoms with van der Waals surface area (Å²) in [4.78, 5) is 25.8. The van der Waals surface area contributed by atoms with E-state index in [1.807, 2.05) is 4.90 Å². The van der Waals surface area contributed by atoms with Gasteiger partial charge in [0, 0.05) is 31.9 Å². The normalized spacial score (nSPS) is 19.6. The van der Waals surface area contributed by atoms with Gasteiger partial charge in [-0.05, 0) is 36.8 Å². The number of urea groups is 1. The van der Waals surface area contributed by atoms with E-state index in [-0.39, 0.29) is 6.03 Å². The molecule has 116 valence electrons. The van der Waals surface area contributed by atoms with Gasteiger partial charge in [-0.2, -0.15) is 0 Å². The van der Waals surface area contributed by atoms with Gasteiger partial charge in [-0.15, -0.1) is 0 Å². The third-order valence-electron chi connectivity index (χ3n) is 5.18. The largest absolute Gasteiger partial charge is 0.419 e. The van der Waals surface area contributed by atoms with Crippen molar-refractivity contribution >= 4 is 22.8 Å². The smallest absolute Gasteiger partial charge is 0.408 e. The molecule has 0 unspecified atom stereocenters. The van der Waals surface area contributed by atoms with Crippen molar-refractivity contribution < 1.29 is 9.21 Å². The Balaban J connectivity index is 1.51. The van der Waals surface area contributed by atoms with Crippen molar-refractivity contribution in [1.82, 2.24) is 9.47 Å². The Morgan fingerprint density at radius 1 is 1.32 bits per heavy atom. The molecule has 1 saturated carbocycles. The standard InChI is InChI=1S/C16H19N3O3/c1-18-12-4-3-11(9-13(12)22-15(18)21)17-14(20)19-8-7-16(10-19)5-2-6-16/h3-4,9H,2,5-8,10H2,1H3,(H,17,20). The number of anilines is 1. The summed E-state index contributed by atoms with van der Waals surface area (Å²) in [5, 5.41) is 2.91. The van der Waals surface area contributed by atoms with Gasteiger partial charge in [-0.3, -0.25) is 4.57 Å². The molecule has 0 radical (unpaired) electrons. The fourth-order valence-electron chi connectivity index (χ4n) is 3.61. The number of benzene rings is 1. The van der Waals surface area contributed by atoms with Crippen LogP contribution in [0.15, 0.2) is 27.4 Å². The third-order valence-corrected chi connectivity index (χ3v) is 5.18. The molecule has 2 amide bonds. The van der Waals surface area contributed by atoms with Crippen LogP contribution in [0.4, 0.5) is 10.5 Å². The van der Waals surface area contributed by atoms with Gasteiger partial charge >= 0.3 is 11.8 Å². The molecule has 2 heterocycles. The molecule has 2 aliphatic rings. The average Bonchev–Trinajstić information content (AvgIpc) is 3.02. The maximum Gasteiger partial charge on any atom is 0.419 e. The molecule has 1 aliphatic carbocycles. The summed E-state index contributed by atoms with van der Waals surface area (Å²) in [6.07, 6.45) is 4.90. The van der Waals surface area contributed by atoms with Gasteiger partial charge in [0.05, 0.1) is 5.52 Å². The zero-order valence-corrected chi connectivity index (χ0v) is 12.6. The number of rotatable bonds is 1. The highest BCUT2D eigenvalue weighted by Crippen LogP contribution is 2.47. The molecule has 2 fully saturated rings. The maximum absolute atomic E-state index is 12.4. The number of fused-ring (bicyclic) bond motifs is 1. The van der Waals surface area contributed by atoms with E-state index >= 15 is 0 Å². The number of amides is 2. The number of hydrogen-bond donors (Lipinski definition) is 1. The summed E-state index contributed by atoms with van der Waals surface area (Å²) in [5.74, 6) is -0.398. The highest BCUT2D eigenvalue weighted by atomic mass is 16.4. The second-order valence-corrected chi connectivity index (χ2v) is 6.56. The van der Waals surface area contributed by atoms with Crippen LogP contribution in [-0.4, -0.2) is 28.6 Å². The highest BCUT2D eigenvalue weighted by Gasteiger charge is 2.44. The lowest BCUT2D eigenvalue weighted by Gasteiger charge is -2.37. The second kappa shape index (κ2) is 4.63. The van der Waals surface area contributed by atoms with Crippen LogP contribution in [0, 0.1) is 5.41 Å². The van der Waals surface area contributed by atoms with E-state index in [0.717, 1.165) is 25.0 Å². The van der Waals surface area contributed by atoms with Crippen LogP contribution in [0.1, 0.15) is 25.7 Å². The summed E-state index contributed by atoms with van der Waals surface area (Å²) < 4.78 is 6.59. The zero-order chi connectivity index (χ0) is 15.3. The zero-order valence-electron chi connectivity index (χ0n) is 12.6. The monoisotopic (exact) mass is 301 g/mol. The first-order chi connectivity index (χ1) is 10.6. The van der Waals surface area contributed by atoms with Gasteiger partial charge < -0.3 is 14.6 Å². The first kappa shape index (κ1) is 13.4. The van der Waals surface area contributed by atoms with E-state index < -0.39 is 5.76 Å². The van der Waals surface area contributed by atoms with Gasteiger partial charge in [-0.25, -0.2) is 9.59 Å². The molecule has 0 bridgehead atoms. The highest BCUT2D eigenvalue weighted by molar-refractivity contribution is 5.91. The SMILES string of the molecule is Cn1c(=O)oc2cc(NC(=O)N3CCC4(CCC4)C3)ccc21. The summed E-state index contributed by atoms with van der Waals surface area (Å²) in [6.45, 7) is 1.69. The average molecular weight is 301 g/mol. The predicted octanol–water partition coefficient (Wildman–Crippen LogP) is 2.54. The van der Waals surface area contributed by atoms with E-state index in [1.165, 1.54) is 23.8 Å². The molecule has 1 saturated heterocycles. The molecule has 6 nitrogen and oxygen atoms in total. The lowest BCUT2D eigenvalue weighted by molar-refractivity contribution is 0.144. The van der Waals surface area contributed by atoms with Gasteiger partial charge in [0.1, 0.15) is 0 Å². The van der Waals surface area contributed by atoms with Crippen molar-refractivity contribution in [1.29, 1.82) is 0 Å². The molecule has 2 aromatic rings. The minimum Gasteiger partial charge on any atom is -0.408 e. The van der Waals surface area contributed by atoms with Crippen LogP contribution < -0.4 is 11.1 Å². The van der Waals surface area contributed by atoms with Crippen LogP contribution >= 0.6 is 0 Å². The molecular formula is C16H19N3O3.